The van der Waals surface area contributed by atoms with E-state index in [1.54, 1.807) is 30.3 Å². The summed E-state index contributed by atoms with van der Waals surface area (Å²) in [7, 11) is -4.08. The van der Waals surface area contributed by atoms with Gasteiger partial charge < -0.3 is 19.7 Å². The molecule has 2 N–H and O–H groups in total. The van der Waals surface area contributed by atoms with Crippen molar-refractivity contribution in [3.8, 4) is 0 Å². The smallest absolute Gasteiger partial charge is 0.797 e. The van der Waals surface area contributed by atoms with Crippen LogP contribution in [0, 0.1) is 0 Å². The predicted molar refractivity (Wildman–Crippen MR) is 67.3 cm³/mol. The van der Waals surface area contributed by atoms with Crippen LogP contribution in [0.5, 0.6) is 0 Å². The first-order valence-electron chi connectivity index (χ1n) is 6.25. The topological polar surface area (TPSA) is 80.6 Å². The Morgan fingerprint density at radius 1 is 1.21 bits per heavy atom. The third kappa shape index (κ3) is 3.92. The Kier molecular flexibility index (Phi) is 6.74. The fraction of sp³-hybridized carbons (Fsp3) is 0.538. The zero-order valence-corrected chi connectivity index (χ0v) is 14.0. The molecule has 1 aromatic carbocycles. The molecule has 1 aliphatic rings. The van der Waals surface area contributed by atoms with Crippen LogP contribution in [0.2, 0.25) is 0 Å². The van der Waals surface area contributed by atoms with Gasteiger partial charge in [0.05, 0.1) is 13.5 Å². The molecule has 0 aromatic heterocycles. The van der Waals surface area contributed by atoms with E-state index in [-0.39, 0.29) is 29.6 Å². The molecule has 2 rings (SSSR count). The Morgan fingerprint density at radius 3 is 2.37 bits per heavy atom. The molecule has 1 aromatic rings. The van der Waals surface area contributed by atoms with Crippen molar-refractivity contribution in [2.24, 2.45) is 0 Å². The first-order valence-corrected chi connectivity index (χ1v) is 8.01. The minimum atomic E-state index is -4.08. The van der Waals surface area contributed by atoms with Crippen molar-refractivity contribution in [3.63, 3.8) is 0 Å². The molecule has 19 heavy (non-hydrogen) atoms. The Balaban J connectivity index is 0.00000180. The van der Waals surface area contributed by atoms with E-state index in [0.717, 1.165) is 12.8 Å². The Hall–Kier alpha value is 0.330. The summed E-state index contributed by atoms with van der Waals surface area (Å²) in [6.45, 7) is 0. The van der Waals surface area contributed by atoms with Crippen LogP contribution in [0.1, 0.15) is 37.1 Å². The third-order valence-electron chi connectivity index (χ3n) is 3.59. The van der Waals surface area contributed by atoms with Crippen molar-refractivity contribution in [2.45, 2.75) is 43.3 Å². The molecular weight excluding hydrogens is 274 g/mol. The Bertz CT molecular complexity index is 440. The van der Waals surface area contributed by atoms with Gasteiger partial charge in [0.2, 0.25) is 0 Å². The normalized spacial score (nSPS) is 27.9. The van der Waals surface area contributed by atoms with E-state index < -0.39 is 25.0 Å². The van der Waals surface area contributed by atoms with Crippen molar-refractivity contribution in [1.29, 1.82) is 0 Å². The maximum absolute atomic E-state index is 12.3. The molecule has 1 fully saturated rings. The second kappa shape index (κ2) is 7.37. The minimum Gasteiger partial charge on any atom is -0.797 e. The molecule has 4 atom stereocenters. The van der Waals surface area contributed by atoms with Gasteiger partial charge in [0.25, 0.3) is 0 Å². The number of hydrogen-bond acceptors (Lipinski definition) is 4. The van der Waals surface area contributed by atoms with Crippen LogP contribution in [0.4, 0.5) is 0 Å². The number of aliphatic hydroxyl groups is 2. The van der Waals surface area contributed by atoms with E-state index in [1.807, 2.05) is 0 Å². The molecule has 0 aliphatic heterocycles. The molecule has 4 nitrogen and oxygen atoms in total. The summed E-state index contributed by atoms with van der Waals surface area (Å²) in [5, 5.41) is 19.8. The zero-order chi connectivity index (χ0) is 13.2. The number of aliphatic hydroxyl groups excluding tert-OH is 2. The summed E-state index contributed by atoms with van der Waals surface area (Å²) >= 11 is 0. The van der Waals surface area contributed by atoms with Crippen molar-refractivity contribution in [2.75, 3.05) is 0 Å². The van der Waals surface area contributed by atoms with Crippen molar-refractivity contribution < 1.29 is 49.2 Å². The third-order valence-corrected chi connectivity index (χ3v) is 6.10. The molecule has 100 valence electrons. The second-order valence-corrected chi connectivity index (χ2v) is 7.29. The molecule has 0 radical (unpaired) electrons. The number of rotatable bonds is 3. The van der Waals surface area contributed by atoms with Gasteiger partial charge >= 0.3 is 29.6 Å². The Morgan fingerprint density at radius 2 is 1.79 bits per heavy atom. The number of hydrogen-bond donors (Lipinski definition) is 2. The van der Waals surface area contributed by atoms with E-state index in [0.29, 0.717) is 18.4 Å². The first kappa shape index (κ1) is 17.4. The molecule has 1 saturated carbocycles. The van der Waals surface area contributed by atoms with E-state index >= 15 is 0 Å². The summed E-state index contributed by atoms with van der Waals surface area (Å²) in [6, 6.07) is 8.32. The van der Waals surface area contributed by atoms with Crippen LogP contribution >= 0.6 is 7.37 Å². The number of benzene rings is 1. The van der Waals surface area contributed by atoms with Crippen molar-refractivity contribution in [1.82, 2.24) is 0 Å². The van der Waals surface area contributed by atoms with Crippen LogP contribution in [0.25, 0.3) is 0 Å². The van der Waals surface area contributed by atoms with Gasteiger partial charge in [-0.25, -0.2) is 0 Å². The van der Waals surface area contributed by atoms with Crippen LogP contribution in [-0.2, 0) is 4.57 Å². The maximum Gasteiger partial charge on any atom is 1.00 e. The van der Waals surface area contributed by atoms with Crippen LogP contribution in [0.3, 0.4) is 0 Å². The van der Waals surface area contributed by atoms with E-state index in [2.05, 4.69) is 0 Å². The quantitative estimate of drug-likeness (QED) is 0.532. The van der Waals surface area contributed by atoms with Gasteiger partial charge in [-0.2, -0.15) is 0 Å². The van der Waals surface area contributed by atoms with Gasteiger partial charge in [0, 0.05) is 5.66 Å². The fourth-order valence-electron chi connectivity index (χ4n) is 2.53. The van der Waals surface area contributed by atoms with Crippen LogP contribution in [0.15, 0.2) is 30.3 Å². The first-order chi connectivity index (χ1) is 8.53. The molecule has 0 heterocycles. The van der Waals surface area contributed by atoms with Gasteiger partial charge in [-0.05, 0) is 18.4 Å². The summed E-state index contributed by atoms with van der Waals surface area (Å²) < 4.78 is 12.3. The molecule has 4 unspecified atom stereocenters. The predicted octanol–water partition coefficient (Wildman–Crippen LogP) is -1.38. The molecule has 0 saturated heterocycles. The molecule has 6 heteroatoms. The van der Waals surface area contributed by atoms with Crippen LogP contribution < -0.4 is 34.5 Å². The minimum absolute atomic E-state index is 0. The fourth-order valence-corrected chi connectivity index (χ4v) is 4.65. The van der Waals surface area contributed by atoms with Gasteiger partial charge in [-0.1, -0.05) is 43.2 Å². The van der Waals surface area contributed by atoms with Crippen LogP contribution in [-0.4, -0.2) is 22.0 Å². The second-order valence-electron chi connectivity index (χ2n) is 4.85. The zero-order valence-electron chi connectivity index (χ0n) is 11.1. The van der Waals surface area contributed by atoms with E-state index in [4.69, 9.17) is 0 Å². The summed E-state index contributed by atoms with van der Waals surface area (Å²) in [5.74, 6) is -1.52. The molecule has 0 bridgehead atoms. The average molecular weight is 292 g/mol. The Labute approximate surface area is 135 Å². The molecule has 1 aliphatic carbocycles. The molecular formula is C13H18NaO4P. The summed E-state index contributed by atoms with van der Waals surface area (Å²) in [5.41, 5.74) is -0.449. The summed E-state index contributed by atoms with van der Waals surface area (Å²) in [6.07, 6.45) is 1.72. The maximum atomic E-state index is 12.3. The monoisotopic (exact) mass is 292 g/mol. The molecule has 0 spiro atoms. The van der Waals surface area contributed by atoms with Crippen molar-refractivity contribution in [3.05, 3.63) is 35.9 Å². The SMILES string of the molecule is O=P([O-])(C(O)c1ccccc1)C1CCCCC1O.[Na+]. The van der Waals surface area contributed by atoms with Crippen molar-refractivity contribution >= 4 is 7.37 Å². The average Bonchev–Trinajstić information content (AvgIpc) is 2.39. The molecule has 0 amide bonds. The van der Waals surface area contributed by atoms with E-state index in [1.165, 1.54) is 0 Å². The van der Waals surface area contributed by atoms with Gasteiger partial charge in [-0.15, -0.1) is 0 Å². The summed E-state index contributed by atoms with van der Waals surface area (Å²) in [4.78, 5) is 12.3. The van der Waals surface area contributed by atoms with E-state index in [9.17, 15) is 19.7 Å². The van der Waals surface area contributed by atoms with Gasteiger partial charge in [0.15, 0.2) is 0 Å². The van der Waals surface area contributed by atoms with Gasteiger partial charge in [0.1, 0.15) is 5.85 Å². The van der Waals surface area contributed by atoms with Gasteiger partial charge in [-0.3, -0.25) is 0 Å². The largest absolute Gasteiger partial charge is 1.00 e. The standard InChI is InChI=1S/C13H19O4P.Na/c14-11-8-4-5-9-12(11)18(16,17)13(15)10-6-2-1-3-7-10;/h1-3,6-7,11-15H,4-5,8-9H2,(H,16,17);/q;+1/p-1.